The number of anilines is 2. The number of sulfonamides is 1. The fraction of sp³-hybridized carbons (Fsp3) is 0.0556. The van der Waals surface area contributed by atoms with Gasteiger partial charge >= 0.3 is 0 Å². The fourth-order valence-electron chi connectivity index (χ4n) is 2.26. The van der Waals surface area contributed by atoms with E-state index < -0.39 is 10.0 Å². The van der Waals surface area contributed by atoms with Crippen LogP contribution < -0.4 is 15.4 Å². The van der Waals surface area contributed by atoms with E-state index in [0.29, 0.717) is 32.3 Å². The van der Waals surface area contributed by atoms with E-state index in [9.17, 15) is 8.42 Å². The molecule has 1 heterocycles. The molecule has 0 unspecified atom stereocenters. The number of thiocarbonyl (C=S) groups is 1. The lowest BCUT2D eigenvalue weighted by Crippen LogP contribution is -2.23. The predicted molar refractivity (Wildman–Crippen MR) is 115 cm³/mol. The summed E-state index contributed by atoms with van der Waals surface area (Å²) in [6.07, 6.45) is 1.48. The van der Waals surface area contributed by atoms with Crippen LogP contribution in [0.5, 0.6) is 0 Å². The molecule has 3 rings (SSSR count). The van der Waals surface area contributed by atoms with Crippen LogP contribution in [0.25, 0.3) is 0 Å². The molecule has 10 heteroatoms. The Hall–Kier alpha value is -2.10. The molecule has 1 aromatic heterocycles. The van der Waals surface area contributed by atoms with Crippen molar-refractivity contribution >= 4 is 61.9 Å². The summed E-state index contributed by atoms with van der Waals surface area (Å²) in [6.45, 7) is 0.0746. The maximum atomic E-state index is 12.3. The molecule has 146 valence electrons. The van der Waals surface area contributed by atoms with E-state index in [4.69, 9.17) is 39.8 Å². The lowest BCUT2D eigenvalue weighted by Gasteiger charge is -2.12. The molecule has 0 amide bonds. The molecule has 0 saturated heterocycles. The topological polar surface area (TPSA) is 83.4 Å². The summed E-state index contributed by atoms with van der Waals surface area (Å²) in [5.74, 6) is 0.527. The molecule has 0 aliphatic carbocycles. The van der Waals surface area contributed by atoms with Gasteiger partial charge in [0, 0.05) is 10.7 Å². The second-order valence-electron chi connectivity index (χ2n) is 5.63. The Balaban J connectivity index is 1.61. The molecule has 0 aliphatic heterocycles. The molecule has 0 saturated carbocycles. The Morgan fingerprint density at radius 1 is 1.04 bits per heavy atom. The van der Waals surface area contributed by atoms with E-state index in [2.05, 4.69) is 15.4 Å². The zero-order chi connectivity index (χ0) is 20.1. The lowest BCUT2D eigenvalue weighted by molar-refractivity contribution is 0.498. The van der Waals surface area contributed by atoms with Crippen molar-refractivity contribution in [2.45, 2.75) is 11.4 Å². The third kappa shape index (κ3) is 5.46. The van der Waals surface area contributed by atoms with E-state index in [1.807, 2.05) is 0 Å². The number of hydrogen-bond donors (Lipinski definition) is 3. The van der Waals surface area contributed by atoms with Gasteiger partial charge in [0.25, 0.3) is 0 Å². The van der Waals surface area contributed by atoms with Crippen LogP contribution in [0.2, 0.25) is 10.0 Å². The van der Waals surface area contributed by atoms with Gasteiger partial charge in [-0.1, -0.05) is 23.2 Å². The second kappa shape index (κ2) is 8.93. The van der Waals surface area contributed by atoms with Crippen molar-refractivity contribution in [2.75, 3.05) is 10.6 Å². The number of hydrogen-bond acceptors (Lipinski definition) is 4. The fourth-order valence-corrected chi connectivity index (χ4v) is 3.93. The highest BCUT2D eigenvalue weighted by Gasteiger charge is 2.14. The zero-order valence-corrected chi connectivity index (χ0v) is 17.4. The van der Waals surface area contributed by atoms with E-state index in [-0.39, 0.29) is 11.4 Å². The SMILES string of the molecule is O=S(=O)(NCc1ccco1)c1ccc(NC(=S)Nc2ccc(Cl)cc2Cl)cc1. The summed E-state index contributed by atoms with van der Waals surface area (Å²) in [5, 5.41) is 7.17. The lowest BCUT2D eigenvalue weighted by atomic mass is 10.3. The molecule has 3 N–H and O–H groups in total. The van der Waals surface area contributed by atoms with Crippen LogP contribution in [0.15, 0.2) is 70.2 Å². The van der Waals surface area contributed by atoms with Gasteiger partial charge in [-0.15, -0.1) is 0 Å². The van der Waals surface area contributed by atoms with Gasteiger partial charge in [0.05, 0.1) is 28.4 Å². The minimum atomic E-state index is -3.66. The molecule has 0 atom stereocenters. The quantitative estimate of drug-likeness (QED) is 0.459. The molecule has 0 fully saturated rings. The Morgan fingerprint density at radius 2 is 1.79 bits per heavy atom. The van der Waals surface area contributed by atoms with Crippen LogP contribution in [-0.2, 0) is 16.6 Å². The summed E-state index contributed by atoms with van der Waals surface area (Å²) in [4.78, 5) is 0.129. The van der Waals surface area contributed by atoms with Crippen LogP contribution in [0.3, 0.4) is 0 Å². The second-order valence-corrected chi connectivity index (χ2v) is 8.65. The first-order valence-corrected chi connectivity index (χ1v) is 10.6. The molecule has 6 nitrogen and oxygen atoms in total. The van der Waals surface area contributed by atoms with E-state index in [0.717, 1.165) is 0 Å². The first-order valence-electron chi connectivity index (χ1n) is 7.99. The van der Waals surface area contributed by atoms with Crippen LogP contribution >= 0.6 is 35.4 Å². The van der Waals surface area contributed by atoms with Gasteiger partial charge in [0.15, 0.2) is 5.11 Å². The van der Waals surface area contributed by atoms with E-state index in [1.165, 1.54) is 18.4 Å². The molecule has 2 aromatic carbocycles. The minimum Gasteiger partial charge on any atom is -0.468 e. The van der Waals surface area contributed by atoms with Gasteiger partial charge in [0.2, 0.25) is 10.0 Å². The number of rotatable bonds is 6. The van der Waals surface area contributed by atoms with Crippen LogP contribution in [-0.4, -0.2) is 13.5 Å². The summed E-state index contributed by atoms with van der Waals surface area (Å²) in [6, 6.07) is 14.6. The highest BCUT2D eigenvalue weighted by molar-refractivity contribution is 7.89. The molecule has 0 radical (unpaired) electrons. The van der Waals surface area contributed by atoms with Gasteiger partial charge in [-0.25, -0.2) is 13.1 Å². The highest BCUT2D eigenvalue weighted by atomic mass is 35.5. The van der Waals surface area contributed by atoms with Crippen molar-refractivity contribution in [2.24, 2.45) is 0 Å². The maximum absolute atomic E-state index is 12.3. The molecular weight excluding hydrogens is 441 g/mol. The van der Waals surface area contributed by atoms with Crippen molar-refractivity contribution in [3.05, 3.63) is 76.7 Å². The standard InChI is InChI=1S/C18H15Cl2N3O3S2/c19-12-3-8-17(16(20)10-12)23-18(27)22-13-4-6-15(7-5-13)28(24,25)21-11-14-2-1-9-26-14/h1-10,21H,11H2,(H2,22,23,27). The summed E-state index contributed by atoms with van der Waals surface area (Å²) >= 11 is 17.2. The minimum absolute atomic E-state index is 0.0746. The molecular formula is C18H15Cl2N3O3S2. The van der Waals surface area contributed by atoms with Gasteiger partial charge in [-0.2, -0.15) is 0 Å². The summed E-state index contributed by atoms with van der Waals surface area (Å²) < 4.78 is 32.3. The Morgan fingerprint density at radius 3 is 2.43 bits per heavy atom. The zero-order valence-electron chi connectivity index (χ0n) is 14.3. The van der Waals surface area contributed by atoms with Gasteiger partial charge in [-0.3, -0.25) is 0 Å². The Bertz CT molecular complexity index is 1070. The normalized spacial score (nSPS) is 11.2. The molecule has 0 spiro atoms. The summed E-state index contributed by atoms with van der Waals surface area (Å²) in [5.41, 5.74) is 1.22. The molecule has 3 aromatic rings. The van der Waals surface area contributed by atoms with Gasteiger partial charge in [-0.05, 0) is 66.8 Å². The maximum Gasteiger partial charge on any atom is 0.240 e. The number of benzene rings is 2. The van der Waals surface area contributed by atoms with Crippen LogP contribution in [0.1, 0.15) is 5.76 Å². The summed E-state index contributed by atoms with van der Waals surface area (Å²) in [7, 11) is -3.66. The average Bonchev–Trinajstić information content (AvgIpc) is 3.17. The van der Waals surface area contributed by atoms with E-state index >= 15 is 0 Å². The highest BCUT2D eigenvalue weighted by Crippen LogP contribution is 2.25. The largest absolute Gasteiger partial charge is 0.468 e. The van der Waals surface area contributed by atoms with Crippen molar-refractivity contribution in [1.82, 2.24) is 4.72 Å². The Labute approximate surface area is 177 Å². The third-order valence-corrected chi connectivity index (χ3v) is 5.79. The van der Waals surface area contributed by atoms with Crippen molar-refractivity contribution in [3.8, 4) is 0 Å². The number of halogens is 2. The predicted octanol–water partition coefficient (Wildman–Crippen LogP) is 4.87. The van der Waals surface area contributed by atoms with Crippen molar-refractivity contribution in [3.63, 3.8) is 0 Å². The molecule has 28 heavy (non-hydrogen) atoms. The third-order valence-electron chi connectivity index (χ3n) is 3.62. The van der Waals surface area contributed by atoms with Crippen molar-refractivity contribution in [1.29, 1.82) is 0 Å². The van der Waals surface area contributed by atoms with Gasteiger partial charge < -0.3 is 15.1 Å². The van der Waals surface area contributed by atoms with Crippen LogP contribution in [0.4, 0.5) is 11.4 Å². The van der Waals surface area contributed by atoms with Gasteiger partial charge in [0.1, 0.15) is 5.76 Å². The average molecular weight is 456 g/mol. The molecule has 0 bridgehead atoms. The smallest absolute Gasteiger partial charge is 0.240 e. The number of nitrogens with one attached hydrogen (secondary N) is 3. The number of furan rings is 1. The first-order chi connectivity index (χ1) is 13.3. The first kappa shape index (κ1) is 20.6. The van der Waals surface area contributed by atoms with Crippen LogP contribution in [0, 0.1) is 0 Å². The van der Waals surface area contributed by atoms with E-state index in [1.54, 1.807) is 42.5 Å². The van der Waals surface area contributed by atoms with Crippen molar-refractivity contribution < 1.29 is 12.8 Å². The molecule has 0 aliphatic rings. The monoisotopic (exact) mass is 455 g/mol. The Kier molecular flexibility index (Phi) is 6.58.